The highest BCUT2D eigenvalue weighted by molar-refractivity contribution is 7.89. The molecule has 0 atom stereocenters. The lowest BCUT2D eigenvalue weighted by atomic mass is 10.1. The topological polar surface area (TPSA) is 105 Å². The maximum Gasteiger partial charge on any atom is 0.276 e. The first-order valence-electron chi connectivity index (χ1n) is 10.2. The summed E-state index contributed by atoms with van der Waals surface area (Å²) >= 11 is 0. The number of non-ortho nitro benzene ring substituents is 1. The summed E-state index contributed by atoms with van der Waals surface area (Å²) in [7, 11) is -4.04. The molecule has 0 heterocycles. The van der Waals surface area contributed by atoms with Gasteiger partial charge in [-0.1, -0.05) is 54.6 Å². The molecule has 4 rings (SSSR count). The smallest absolute Gasteiger partial charge is 0.276 e. The van der Waals surface area contributed by atoms with Crippen molar-refractivity contribution in [3.63, 3.8) is 0 Å². The summed E-state index contributed by atoms with van der Waals surface area (Å²) in [6.07, 6.45) is 1.37. The molecule has 8 nitrogen and oxygen atoms in total. The molecule has 0 unspecified atom stereocenters. The van der Waals surface area contributed by atoms with Crippen molar-refractivity contribution in [2.24, 2.45) is 5.10 Å². The van der Waals surface area contributed by atoms with Gasteiger partial charge >= 0.3 is 0 Å². The van der Waals surface area contributed by atoms with Crippen LogP contribution in [0.5, 0.6) is 0 Å². The fourth-order valence-electron chi connectivity index (χ4n) is 3.30. The minimum absolute atomic E-state index is 0.240. The molecular weight excluding hydrogens is 452 g/mol. The third kappa shape index (κ3) is 5.28. The van der Waals surface area contributed by atoms with E-state index >= 15 is 0 Å². The van der Waals surface area contributed by atoms with Gasteiger partial charge < -0.3 is 4.90 Å². The highest BCUT2D eigenvalue weighted by atomic mass is 32.2. The van der Waals surface area contributed by atoms with Crippen LogP contribution in [-0.4, -0.2) is 19.6 Å². The molecule has 0 aromatic heterocycles. The highest BCUT2D eigenvalue weighted by Crippen LogP contribution is 2.33. The van der Waals surface area contributed by atoms with E-state index in [1.807, 2.05) is 84.9 Å². The fourth-order valence-corrected chi connectivity index (χ4v) is 4.13. The van der Waals surface area contributed by atoms with Gasteiger partial charge in [-0.2, -0.15) is 13.5 Å². The monoisotopic (exact) mass is 472 g/mol. The van der Waals surface area contributed by atoms with Gasteiger partial charge in [0, 0.05) is 29.2 Å². The van der Waals surface area contributed by atoms with E-state index in [1.54, 1.807) is 0 Å². The van der Waals surface area contributed by atoms with Gasteiger partial charge in [0.25, 0.3) is 15.7 Å². The number of nitrogens with one attached hydrogen (secondary N) is 1. The maximum absolute atomic E-state index is 12.4. The zero-order valence-electron chi connectivity index (χ0n) is 17.9. The lowest BCUT2D eigenvalue weighted by Gasteiger charge is -2.25. The summed E-state index contributed by atoms with van der Waals surface area (Å²) in [5.74, 6) is 0. The molecule has 0 radical (unpaired) electrons. The van der Waals surface area contributed by atoms with Crippen LogP contribution in [0.1, 0.15) is 5.56 Å². The molecule has 170 valence electrons. The Labute approximate surface area is 197 Å². The second kappa shape index (κ2) is 9.97. The number of hydrogen-bond acceptors (Lipinski definition) is 6. The fraction of sp³-hybridized carbons (Fsp3) is 0. The lowest BCUT2D eigenvalue weighted by Crippen LogP contribution is -2.18. The van der Waals surface area contributed by atoms with E-state index in [9.17, 15) is 18.5 Å². The van der Waals surface area contributed by atoms with Crippen LogP contribution >= 0.6 is 0 Å². The van der Waals surface area contributed by atoms with Crippen LogP contribution in [0.3, 0.4) is 0 Å². The van der Waals surface area contributed by atoms with Gasteiger partial charge in [-0.15, -0.1) is 0 Å². The van der Waals surface area contributed by atoms with Gasteiger partial charge in [-0.25, -0.2) is 4.83 Å². The second-order valence-electron chi connectivity index (χ2n) is 7.21. The van der Waals surface area contributed by atoms with Crippen LogP contribution in [-0.2, 0) is 10.0 Å². The van der Waals surface area contributed by atoms with E-state index in [0.29, 0.717) is 5.56 Å². The van der Waals surface area contributed by atoms with Crippen molar-refractivity contribution in [1.82, 2.24) is 4.83 Å². The Hall–Kier alpha value is -4.50. The average Bonchev–Trinajstić information content (AvgIpc) is 2.86. The quantitative estimate of drug-likeness (QED) is 0.211. The van der Waals surface area contributed by atoms with Crippen LogP contribution in [0, 0.1) is 10.1 Å². The number of benzene rings is 4. The molecule has 4 aromatic rings. The summed E-state index contributed by atoms with van der Waals surface area (Å²) in [5, 5.41) is 14.7. The summed E-state index contributed by atoms with van der Waals surface area (Å²) in [5.41, 5.74) is 3.28. The Morgan fingerprint density at radius 3 is 1.88 bits per heavy atom. The predicted octanol–water partition coefficient (Wildman–Crippen LogP) is 5.38. The minimum Gasteiger partial charge on any atom is -0.311 e. The predicted molar refractivity (Wildman–Crippen MR) is 132 cm³/mol. The van der Waals surface area contributed by atoms with E-state index < -0.39 is 14.9 Å². The molecule has 0 amide bonds. The van der Waals surface area contributed by atoms with E-state index in [0.717, 1.165) is 23.1 Å². The van der Waals surface area contributed by atoms with Gasteiger partial charge in [-0.3, -0.25) is 10.1 Å². The number of nitrogens with zero attached hydrogens (tertiary/aromatic N) is 3. The molecule has 9 heteroatoms. The number of sulfonamides is 1. The molecule has 1 N–H and O–H groups in total. The number of rotatable bonds is 8. The van der Waals surface area contributed by atoms with Crippen LogP contribution in [0.2, 0.25) is 0 Å². The number of nitro groups is 1. The SMILES string of the molecule is O=[N+]([O-])c1cccc(S(=O)(=O)NN=Cc2ccc(N(c3ccccc3)c3ccccc3)cc2)c1. The molecule has 0 aliphatic carbocycles. The lowest BCUT2D eigenvalue weighted by molar-refractivity contribution is -0.385. The highest BCUT2D eigenvalue weighted by Gasteiger charge is 2.17. The maximum atomic E-state index is 12.4. The van der Waals surface area contributed by atoms with Crippen LogP contribution in [0.25, 0.3) is 0 Å². The van der Waals surface area contributed by atoms with Gasteiger partial charge in [0.05, 0.1) is 16.0 Å². The molecule has 34 heavy (non-hydrogen) atoms. The number of hydrazone groups is 1. The number of para-hydroxylation sites is 2. The van der Waals surface area contributed by atoms with Crippen molar-refractivity contribution < 1.29 is 13.3 Å². The standard InChI is InChI=1S/C25H20N4O4S/c30-29(31)24-12-7-13-25(18-24)34(32,33)27-26-19-20-14-16-23(17-15-20)28(21-8-3-1-4-9-21)22-10-5-2-6-11-22/h1-19,27H. The van der Waals surface area contributed by atoms with Crippen molar-refractivity contribution >= 4 is 39.0 Å². The summed E-state index contributed by atoms with van der Waals surface area (Å²) in [4.78, 5) is 14.2. The third-order valence-corrected chi connectivity index (χ3v) is 6.13. The van der Waals surface area contributed by atoms with Crippen molar-refractivity contribution in [1.29, 1.82) is 0 Å². The van der Waals surface area contributed by atoms with Gasteiger partial charge in [0.2, 0.25) is 0 Å². The van der Waals surface area contributed by atoms with Crippen LogP contribution < -0.4 is 9.73 Å². The van der Waals surface area contributed by atoms with Crippen molar-refractivity contribution in [3.05, 3.63) is 125 Å². The zero-order valence-corrected chi connectivity index (χ0v) is 18.7. The second-order valence-corrected chi connectivity index (χ2v) is 8.87. The molecular formula is C25H20N4O4S. The number of anilines is 3. The molecule has 0 fully saturated rings. The van der Waals surface area contributed by atoms with Crippen LogP contribution in [0.4, 0.5) is 22.7 Å². The molecule has 0 spiro atoms. The van der Waals surface area contributed by atoms with E-state index in [4.69, 9.17) is 0 Å². The molecule has 0 bridgehead atoms. The number of nitro benzene ring substituents is 1. The van der Waals surface area contributed by atoms with Gasteiger partial charge in [-0.05, 0) is 48.0 Å². The first kappa shape index (κ1) is 22.7. The van der Waals surface area contributed by atoms with E-state index in [-0.39, 0.29) is 10.6 Å². The molecule has 0 aliphatic rings. The largest absolute Gasteiger partial charge is 0.311 e. The summed E-state index contributed by atoms with van der Waals surface area (Å²) in [6.45, 7) is 0. The first-order chi connectivity index (χ1) is 16.4. The van der Waals surface area contributed by atoms with Crippen molar-refractivity contribution in [2.75, 3.05) is 4.90 Å². The molecule has 0 aliphatic heterocycles. The summed E-state index contributed by atoms with van der Waals surface area (Å²) in [6, 6.07) is 32.1. The van der Waals surface area contributed by atoms with Gasteiger partial charge in [0.1, 0.15) is 0 Å². The Morgan fingerprint density at radius 2 is 1.32 bits per heavy atom. The van der Waals surface area contributed by atoms with Crippen LogP contribution in [0.15, 0.2) is 119 Å². The van der Waals surface area contributed by atoms with Gasteiger partial charge in [0.15, 0.2) is 0 Å². The third-order valence-electron chi connectivity index (χ3n) is 4.91. The molecule has 0 saturated heterocycles. The zero-order chi connectivity index (χ0) is 24.0. The Morgan fingerprint density at radius 1 is 0.765 bits per heavy atom. The normalized spacial score (nSPS) is 11.3. The molecule has 4 aromatic carbocycles. The average molecular weight is 473 g/mol. The number of hydrogen-bond donors (Lipinski definition) is 1. The molecule has 0 saturated carbocycles. The Kier molecular flexibility index (Phi) is 6.65. The Bertz CT molecular complexity index is 1370. The van der Waals surface area contributed by atoms with E-state index in [2.05, 4.69) is 14.8 Å². The minimum atomic E-state index is -4.04. The van der Waals surface area contributed by atoms with E-state index in [1.165, 1.54) is 24.4 Å². The summed E-state index contributed by atoms with van der Waals surface area (Å²) < 4.78 is 24.8. The first-order valence-corrected chi connectivity index (χ1v) is 11.7. The van der Waals surface area contributed by atoms with Crippen molar-refractivity contribution in [3.8, 4) is 0 Å². The van der Waals surface area contributed by atoms with Crippen molar-refractivity contribution in [2.45, 2.75) is 4.90 Å². The Balaban J connectivity index is 1.53.